The number of hydrogen-bond acceptors (Lipinski definition) is 5. The number of hydrogen-bond donors (Lipinski definition) is 0. The zero-order valence-electron chi connectivity index (χ0n) is 20.9. The molecule has 0 unspecified atom stereocenters. The zero-order chi connectivity index (χ0) is 26.2. The first-order chi connectivity index (χ1) is 17.8. The van der Waals surface area contributed by atoms with Crippen LogP contribution in [0.2, 0.25) is 0 Å². The molecular formula is C30H27N5O2. The van der Waals surface area contributed by atoms with Crippen LogP contribution < -0.4 is 9.80 Å². The van der Waals surface area contributed by atoms with Gasteiger partial charge in [-0.15, -0.1) is 0 Å². The summed E-state index contributed by atoms with van der Waals surface area (Å²) in [7, 11) is 0. The Morgan fingerprint density at radius 2 is 1.84 bits per heavy atom. The molecule has 7 heteroatoms. The molecule has 2 aliphatic heterocycles. The van der Waals surface area contributed by atoms with Gasteiger partial charge in [0.1, 0.15) is 11.8 Å². The summed E-state index contributed by atoms with van der Waals surface area (Å²) in [5.41, 5.74) is 5.66. The molecule has 0 bridgehead atoms. The van der Waals surface area contributed by atoms with Crippen molar-refractivity contribution in [3.8, 4) is 12.1 Å². The van der Waals surface area contributed by atoms with Gasteiger partial charge >= 0.3 is 0 Å². The third-order valence-corrected chi connectivity index (χ3v) is 7.30. The van der Waals surface area contributed by atoms with Crippen LogP contribution in [0.15, 0.2) is 60.8 Å². The van der Waals surface area contributed by atoms with E-state index in [2.05, 4.69) is 37.0 Å². The second-order valence-electron chi connectivity index (χ2n) is 10.4. The van der Waals surface area contributed by atoms with Crippen molar-refractivity contribution >= 4 is 23.2 Å². The van der Waals surface area contributed by atoms with Crippen LogP contribution >= 0.6 is 0 Å². The second kappa shape index (κ2) is 9.52. The largest absolute Gasteiger partial charge is 0.312 e. The maximum Gasteiger partial charge on any atom is 0.232 e. The van der Waals surface area contributed by atoms with E-state index in [0.29, 0.717) is 30.0 Å². The van der Waals surface area contributed by atoms with Crippen molar-refractivity contribution in [2.75, 3.05) is 22.9 Å². The Morgan fingerprint density at radius 1 is 1.05 bits per heavy atom. The number of nitrogens with zero attached hydrogens (tertiary/aromatic N) is 5. The molecule has 2 amide bonds. The molecule has 3 heterocycles. The molecule has 0 spiro atoms. The van der Waals surface area contributed by atoms with Crippen molar-refractivity contribution in [1.29, 1.82) is 10.5 Å². The van der Waals surface area contributed by atoms with Crippen LogP contribution in [0.1, 0.15) is 48.2 Å². The minimum absolute atomic E-state index is 0.0319. The number of aryl methyl sites for hydroxylation is 2. The highest BCUT2D eigenvalue weighted by atomic mass is 16.2. The highest BCUT2D eigenvalue weighted by Crippen LogP contribution is 2.42. The van der Waals surface area contributed by atoms with Gasteiger partial charge in [0.2, 0.25) is 11.8 Å². The monoisotopic (exact) mass is 489 g/mol. The van der Waals surface area contributed by atoms with E-state index < -0.39 is 5.92 Å². The average Bonchev–Trinajstić information content (AvgIpc) is 3.44. The Balaban J connectivity index is 1.32. The van der Waals surface area contributed by atoms with Crippen LogP contribution in [0, 0.1) is 28.6 Å². The third-order valence-electron chi connectivity index (χ3n) is 7.30. The molecular weight excluding hydrogens is 462 g/mol. The van der Waals surface area contributed by atoms with Gasteiger partial charge in [-0.25, -0.2) is 4.98 Å². The third kappa shape index (κ3) is 4.69. The van der Waals surface area contributed by atoms with E-state index in [9.17, 15) is 14.9 Å². The molecule has 1 fully saturated rings. The van der Waals surface area contributed by atoms with E-state index in [0.717, 1.165) is 29.7 Å². The molecule has 0 aliphatic carbocycles. The van der Waals surface area contributed by atoms with Gasteiger partial charge in [0.15, 0.2) is 0 Å². The fourth-order valence-corrected chi connectivity index (χ4v) is 5.29. The molecule has 1 atom stereocenters. The van der Waals surface area contributed by atoms with Crippen LogP contribution in [-0.2, 0) is 27.8 Å². The summed E-state index contributed by atoms with van der Waals surface area (Å²) in [5.74, 6) is -0.557. The van der Waals surface area contributed by atoms with Gasteiger partial charge in [-0.3, -0.25) is 9.59 Å². The minimum atomic E-state index is -0.427. The number of anilines is 2. The van der Waals surface area contributed by atoms with Gasteiger partial charge < -0.3 is 9.80 Å². The predicted molar refractivity (Wildman–Crippen MR) is 140 cm³/mol. The number of carbonyl (C=O) groups is 2. The van der Waals surface area contributed by atoms with Crippen molar-refractivity contribution < 1.29 is 9.59 Å². The molecule has 0 N–H and O–H groups in total. The molecule has 2 aromatic carbocycles. The quantitative estimate of drug-likeness (QED) is 0.532. The van der Waals surface area contributed by atoms with E-state index in [1.807, 2.05) is 23.1 Å². The first kappa shape index (κ1) is 24.2. The molecule has 1 aromatic heterocycles. The summed E-state index contributed by atoms with van der Waals surface area (Å²) in [6.07, 6.45) is 3.56. The molecule has 7 nitrogen and oxygen atoms in total. The molecule has 1 saturated heterocycles. The molecule has 5 rings (SSSR count). The molecule has 0 radical (unpaired) electrons. The summed E-state index contributed by atoms with van der Waals surface area (Å²) in [4.78, 5) is 34.1. The Morgan fingerprint density at radius 3 is 2.57 bits per heavy atom. The topological polar surface area (TPSA) is 101 Å². The predicted octanol–water partition coefficient (Wildman–Crippen LogP) is 4.29. The summed E-state index contributed by atoms with van der Waals surface area (Å²) in [6.45, 7) is 5.17. The first-order valence-corrected chi connectivity index (χ1v) is 12.4. The summed E-state index contributed by atoms with van der Waals surface area (Å²) in [5, 5.41) is 18.1. The Bertz CT molecular complexity index is 1460. The van der Waals surface area contributed by atoms with Gasteiger partial charge in [0.05, 0.1) is 17.6 Å². The van der Waals surface area contributed by atoms with E-state index in [1.54, 1.807) is 41.4 Å². The minimum Gasteiger partial charge on any atom is -0.312 e. The van der Waals surface area contributed by atoms with Gasteiger partial charge in [0.25, 0.3) is 0 Å². The van der Waals surface area contributed by atoms with Crippen molar-refractivity contribution in [2.24, 2.45) is 5.92 Å². The van der Waals surface area contributed by atoms with Crippen LogP contribution in [0.3, 0.4) is 0 Å². The Labute approximate surface area is 216 Å². The van der Waals surface area contributed by atoms with Gasteiger partial charge in [-0.2, -0.15) is 10.5 Å². The summed E-state index contributed by atoms with van der Waals surface area (Å²) in [6, 6.07) is 21.0. The molecule has 3 aromatic rings. The Hall–Kier alpha value is -4.49. The van der Waals surface area contributed by atoms with E-state index in [1.165, 1.54) is 5.56 Å². The number of pyridine rings is 1. The molecule has 37 heavy (non-hydrogen) atoms. The van der Waals surface area contributed by atoms with Gasteiger partial charge in [-0.05, 0) is 59.9 Å². The first-order valence-electron chi connectivity index (χ1n) is 12.4. The maximum absolute atomic E-state index is 13.7. The van der Waals surface area contributed by atoms with Crippen molar-refractivity contribution in [3.63, 3.8) is 0 Å². The van der Waals surface area contributed by atoms with E-state index >= 15 is 0 Å². The second-order valence-corrected chi connectivity index (χ2v) is 10.4. The molecule has 2 aliphatic rings. The number of aromatic nitrogens is 1. The lowest BCUT2D eigenvalue weighted by molar-refractivity contribution is -0.124. The van der Waals surface area contributed by atoms with Crippen molar-refractivity contribution in [1.82, 2.24) is 4.98 Å². The lowest BCUT2D eigenvalue weighted by Gasteiger charge is -2.23. The number of amides is 2. The van der Waals surface area contributed by atoms with E-state index in [-0.39, 0.29) is 23.7 Å². The fourth-order valence-electron chi connectivity index (χ4n) is 5.29. The fraction of sp³-hybridized carbons (Fsp3) is 0.300. The summed E-state index contributed by atoms with van der Waals surface area (Å²) < 4.78 is 0. The van der Waals surface area contributed by atoms with Gasteiger partial charge in [-0.1, -0.05) is 38.1 Å². The average molecular weight is 490 g/mol. The number of carbonyl (C=O) groups excluding carboxylic acids is 2. The Kier molecular flexibility index (Phi) is 6.23. The number of rotatable bonds is 5. The number of nitriles is 2. The normalized spacial score (nSPS) is 17.8. The van der Waals surface area contributed by atoms with Crippen LogP contribution in [0.5, 0.6) is 0 Å². The molecule has 184 valence electrons. The van der Waals surface area contributed by atoms with Crippen LogP contribution in [0.4, 0.5) is 11.4 Å². The van der Waals surface area contributed by atoms with E-state index in [4.69, 9.17) is 5.26 Å². The van der Waals surface area contributed by atoms with Crippen molar-refractivity contribution in [2.45, 2.75) is 38.5 Å². The number of benzene rings is 2. The number of fused-ring (bicyclic) bond motifs is 1. The molecule has 0 saturated carbocycles. The summed E-state index contributed by atoms with van der Waals surface area (Å²) >= 11 is 0. The van der Waals surface area contributed by atoms with Crippen LogP contribution in [0.25, 0.3) is 0 Å². The zero-order valence-corrected chi connectivity index (χ0v) is 20.9. The van der Waals surface area contributed by atoms with Crippen molar-refractivity contribution in [3.05, 3.63) is 88.7 Å². The van der Waals surface area contributed by atoms with Crippen LogP contribution in [-0.4, -0.2) is 29.9 Å². The SMILES string of the molecule is CC1(C)CN(C(=O)[C@H]2CC(=O)N(c3cccc(C#N)c3)C2)c2ccc(CCc3ccc(C#N)nc3)cc21. The smallest absolute Gasteiger partial charge is 0.232 e. The highest BCUT2D eigenvalue weighted by molar-refractivity contribution is 6.05. The maximum atomic E-state index is 13.7. The lowest BCUT2D eigenvalue weighted by Crippen LogP contribution is -2.39. The standard InChI is InChI=1S/C30H27N5O2/c1-30(2)19-35(29(37)23-14-28(36)34(18-23)25-5-3-4-22(12-25)15-31)27-11-9-20(13-26(27)30)6-7-21-8-10-24(16-32)33-17-21/h3-5,8-13,17,23H,6-7,14,18-19H2,1-2H3/t23-/m0/s1. The lowest BCUT2D eigenvalue weighted by atomic mass is 9.85. The highest BCUT2D eigenvalue weighted by Gasteiger charge is 2.43. The van der Waals surface area contributed by atoms with Gasteiger partial charge in [0, 0.05) is 42.5 Å².